The van der Waals surface area contributed by atoms with Crippen LogP contribution in [-0.2, 0) is 20.7 Å². The molecule has 1 N–H and O–H groups in total. The van der Waals surface area contributed by atoms with Crippen LogP contribution in [0.25, 0.3) is 0 Å². The number of rotatable bonds is 7. The van der Waals surface area contributed by atoms with Gasteiger partial charge in [0.15, 0.2) is 0 Å². The molecule has 2 aliphatic heterocycles. The van der Waals surface area contributed by atoms with Crippen molar-refractivity contribution in [1.82, 2.24) is 20.0 Å². The summed E-state index contributed by atoms with van der Waals surface area (Å²) in [6.07, 6.45) is 5.40. The SMILES string of the molecule is CCCc1cc(C(=O)N2CCCC2(COC(C)=O)CC(=O)N2CCCC2)n[nH]1. The summed E-state index contributed by atoms with van der Waals surface area (Å²) < 4.78 is 5.32. The van der Waals surface area contributed by atoms with Gasteiger partial charge in [-0.2, -0.15) is 5.10 Å². The molecule has 1 atom stereocenters. The Morgan fingerprint density at radius 2 is 1.96 bits per heavy atom. The fourth-order valence-corrected chi connectivity index (χ4v) is 4.24. The summed E-state index contributed by atoms with van der Waals surface area (Å²) in [5, 5.41) is 7.09. The second-order valence-corrected chi connectivity index (χ2v) is 7.86. The molecule has 154 valence electrons. The molecule has 0 bridgehead atoms. The number of aryl methyl sites for hydroxylation is 1. The van der Waals surface area contributed by atoms with Crippen LogP contribution in [0.2, 0.25) is 0 Å². The zero-order valence-electron chi connectivity index (χ0n) is 16.8. The molecule has 0 saturated carbocycles. The van der Waals surface area contributed by atoms with Crippen molar-refractivity contribution in [3.63, 3.8) is 0 Å². The second-order valence-electron chi connectivity index (χ2n) is 7.86. The van der Waals surface area contributed by atoms with E-state index in [1.165, 1.54) is 6.92 Å². The third kappa shape index (κ3) is 4.36. The number of carbonyl (C=O) groups is 3. The van der Waals surface area contributed by atoms with Crippen molar-refractivity contribution in [3.8, 4) is 0 Å². The van der Waals surface area contributed by atoms with Gasteiger partial charge in [-0.25, -0.2) is 0 Å². The standard InChI is InChI=1S/C20H30N4O4/c1-3-7-16-12-17(22-21-16)19(27)24-11-6-8-20(24,14-28-15(2)25)13-18(26)23-9-4-5-10-23/h12H,3-11,13-14H2,1-2H3,(H,21,22). The molecule has 0 radical (unpaired) electrons. The van der Waals surface area contributed by atoms with Crippen molar-refractivity contribution >= 4 is 17.8 Å². The topological polar surface area (TPSA) is 95.6 Å². The van der Waals surface area contributed by atoms with Gasteiger partial charge in [0, 0.05) is 32.3 Å². The molecular formula is C20H30N4O4. The lowest BCUT2D eigenvalue weighted by molar-refractivity contribution is -0.147. The molecule has 8 nitrogen and oxygen atoms in total. The smallest absolute Gasteiger partial charge is 0.302 e. The summed E-state index contributed by atoms with van der Waals surface area (Å²) in [5.74, 6) is -0.590. The zero-order chi connectivity index (χ0) is 20.1. The molecule has 2 fully saturated rings. The molecule has 28 heavy (non-hydrogen) atoms. The number of nitrogens with zero attached hydrogens (tertiary/aromatic N) is 3. The minimum absolute atomic E-state index is 0.0260. The minimum atomic E-state index is -0.799. The van der Waals surface area contributed by atoms with Crippen molar-refractivity contribution < 1.29 is 19.1 Å². The first-order valence-corrected chi connectivity index (χ1v) is 10.2. The van der Waals surface area contributed by atoms with E-state index < -0.39 is 11.5 Å². The van der Waals surface area contributed by atoms with E-state index in [-0.39, 0.29) is 24.8 Å². The number of aromatic nitrogens is 2. The average Bonchev–Trinajstić information content (AvgIpc) is 3.41. The predicted octanol–water partition coefficient (Wildman–Crippen LogP) is 1.91. The van der Waals surface area contributed by atoms with Gasteiger partial charge in [0.25, 0.3) is 5.91 Å². The van der Waals surface area contributed by atoms with Gasteiger partial charge in [0.2, 0.25) is 5.91 Å². The van der Waals surface area contributed by atoms with Crippen LogP contribution >= 0.6 is 0 Å². The third-order valence-corrected chi connectivity index (χ3v) is 5.69. The molecule has 3 heterocycles. The monoisotopic (exact) mass is 390 g/mol. The van der Waals surface area contributed by atoms with Crippen LogP contribution in [0.4, 0.5) is 0 Å². The Kier molecular flexibility index (Phi) is 6.36. The Labute approximate surface area is 165 Å². The zero-order valence-corrected chi connectivity index (χ0v) is 16.8. The van der Waals surface area contributed by atoms with Gasteiger partial charge in [0.05, 0.1) is 12.0 Å². The average molecular weight is 390 g/mol. The Bertz CT molecular complexity index is 726. The molecule has 2 amide bonds. The van der Waals surface area contributed by atoms with Crippen molar-refractivity contribution in [2.75, 3.05) is 26.2 Å². The molecule has 1 aromatic heterocycles. The van der Waals surface area contributed by atoms with Crippen LogP contribution in [0.5, 0.6) is 0 Å². The Balaban J connectivity index is 1.81. The molecule has 1 aromatic rings. The summed E-state index contributed by atoms with van der Waals surface area (Å²) in [7, 11) is 0. The Morgan fingerprint density at radius 3 is 2.64 bits per heavy atom. The first-order chi connectivity index (χ1) is 13.4. The van der Waals surface area contributed by atoms with Crippen LogP contribution < -0.4 is 0 Å². The van der Waals surface area contributed by atoms with Crippen LogP contribution in [0.3, 0.4) is 0 Å². The fraction of sp³-hybridized carbons (Fsp3) is 0.700. The summed E-state index contributed by atoms with van der Waals surface area (Å²) in [6, 6.07) is 1.78. The highest BCUT2D eigenvalue weighted by Crippen LogP contribution is 2.35. The minimum Gasteiger partial charge on any atom is -0.463 e. The largest absolute Gasteiger partial charge is 0.463 e. The number of amides is 2. The Morgan fingerprint density at radius 1 is 1.21 bits per heavy atom. The highest BCUT2D eigenvalue weighted by atomic mass is 16.5. The lowest BCUT2D eigenvalue weighted by Crippen LogP contribution is -2.53. The lowest BCUT2D eigenvalue weighted by Gasteiger charge is -2.38. The third-order valence-electron chi connectivity index (χ3n) is 5.69. The van der Waals surface area contributed by atoms with Crippen LogP contribution in [0.1, 0.15) is 68.6 Å². The summed E-state index contributed by atoms with van der Waals surface area (Å²) >= 11 is 0. The van der Waals surface area contributed by atoms with E-state index in [2.05, 4.69) is 17.1 Å². The highest BCUT2D eigenvalue weighted by Gasteiger charge is 2.47. The number of nitrogens with one attached hydrogen (secondary N) is 1. The van der Waals surface area contributed by atoms with E-state index in [1.54, 1.807) is 11.0 Å². The maximum atomic E-state index is 13.2. The molecule has 0 aliphatic carbocycles. The number of esters is 1. The van der Waals surface area contributed by atoms with Crippen molar-refractivity contribution in [3.05, 3.63) is 17.5 Å². The molecule has 3 rings (SSSR count). The van der Waals surface area contributed by atoms with Crippen LogP contribution in [-0.4, -0.2) is 69.6 Å². The van der Waals surface area contributed by atoms with Gasteiger partial charge in [-0.1, -0.05) is 13.3 Å². The second kappa shape index (κ2) is 8.75. The van der Waals surface area contributed by atoms with Crippen LogP contribution in [0, 0.1) is 0 Å². The van der Waals surface area contributed by atoms with Crippen molar-refractivity contribution in [1.29, 1.82) is 0 Å². The van der Waals surface area contributed by atoms with Gasteiger partial charge < -0.3 is 14.5 Å². The van der Waals surface area contributed by atoms with Crippen LogP contribution in [0.15, 0.2) is 6.07 Å². The number of likely N-dealkylation sites (tertiary alicyclic amines) is 2. The first kappa shape index (κ1) is 20.4. The van der Waals surface area contributed by atoms with Crippen molar-refractivity contribution in [2.45, 2.75) is 64.3 Å². The van der Waals surface area contributed by atoms with E-state index in [1.807, 2.05) is 4.90 Å². The Hall–Kier alpha value is -2.38. The number of aromatic amines is 1. The first-order valence-electron chi connectivity index (χ1n) is 10.2. The van der Waals surface area contributed by atoms with E-state index >= 15 is 0 Å². The van der Waals surface area contributed by atoms with E-state index in [4.69, 9.17) is 4.74 Å². The van der Waals surface area contributed by atoms with Gasteiger partial charge in [-0.05, 0) is 38.2 Å². The number of hydrogen-bond acceptors (Lipinski definition) is 5. The lowest BCUT2D eigenvalue weighted by atomic mass is 9.91. The quantitative estimate of drug-likeness (QED) is 0.718. The van der Waals surface area contributed by atoms with Gasteiger partial charge >= 0.3 is 5.97 Å². The molecule has 0 spiro atoms. The fourth-order valence-electron chi connectivity index (χ4n) is 4.24. The number of H-pyrrole nitrogens is 1. The molecule has 2 saturated heterocycles. The van der Waals surface area contributed by atoms with Crippen molar-refractivity contribution in [2.24, 2.45) is 0 Å². The summed E-state index contributed by atoms with van der Waals surface area (Å²) in [6.45, 7) is 5.51. The molecule has 2 aliphatic rings. The number of hydrogen-bond donors (Lipinski definition) is 1. The van der Waals surface area contributed by atoms with E-state index in [0.29, 0.717) is 18.7 Å². The molecule has 1 unspecified atom stereocenters. The van der Waals surface area contributed by atoms with Gasteiger partial charge in [-0.15, -0.1) is 0 Å². The number of ether oxygens (including phenoxy) is 1. The molecular weight excluding hydrogens is 360 g/mol. The normalized spacial score (nSPS) is 21.9. The van der Waals surface area contributed by atoms with Gasteiger partial charge in [0.1, 0.15) is 12.3 Å². The molecule has 0 aromatic carbocycles. The van der Waals surface area contributed by atoms with E-state index in [9.17, 15) is 14.4 Å². The summed E-state index contributed by atoms with van der Waals surface area (Å²) in [4.78, 5) is 41.1. The summed E-state index contributed by atoms with van der Waals surface area (Å²) in [5.41, 5.74) is 0.474. The maximum Gasteiger partial charge on any atom is 0.302 e. The highest BCUT2D eigenvalue weighted by molar-refractivity contribution is 5.94. The van der Waals surface area contributed by atoms with E-state index in [0.717, 1.165) is 50.9 Å². The van der Waals surface area contributed by atoms with Gasteiger partial charge in [-0.3, -0.25) is 19.5 Å². The molecule has 8 heteroatoms. The maximum absolute atomic E-state index is 13.2. The number of carbonyl (C=O) groups excluding carboxylic acids is 3. The predicted molar refractivity (Wildman–Crippen MR) is 103 cm³/mol.